The van der Waals surface area contributed by atoms with Crippen molar-refractivity contribution in [2.45, 2.75) is 97.4 Å². The molecule has 0 heterocycles. The molecule has 0 aromatic heterocycles. The number of nitrogens with zero attached hydrogens (tertiary/aromatic N) is 1. The number of unbranched alkanes of at least 4 members (excludes halogenated alkanes) is 8. The van der Waals surface area contributed by atoms with Gasteiger partial charge in [-0.25, -0.2) is 0 Å². The fourth-order valence-electron chi connectivity index (χ4n) is 2.82. The second kappa shape index (κ2) is 14.8. The zero-order valence-electron chi connectivity index (χ0n) is 16.7. The zero-order chi connectivity index (χ0) is 18.3. The smallest absolute Gasteiger partial charge is 0.262 e. The van der Waals surface area contributed by atoms with Crippen LogP contribution in [-0.4, -0.2) is 34.9 Å². The fourth-order valence-corrected chi connectivity index (χ4v) is 2.97. The van der Waals surface area contributed by atoms with Crippen molar-refractivity contribution in [1.29, 1.82) is 0 Å². The van der Waals surface area contributed by atoms with E-state index in [2.05, 4.69) is 44.4 Å². The maximum Gasteiger partial charge on any atom is 0.262 e. The number of thioether (sulfide) groups is 1. The second-order valence-corrected chi connectivity index (χ2v) is 7.90. The lowest BCUT2D eigenvalue weighted by Gasteiger charge is -2.35. The summed E-state index contributed by atoms with van der Waals surface area (Å²) in [6.07, 6.45) is 14.8. The Kier molecular flexibility index (Phi) is 14.6. The summed E-state index contributed by atoms with van der Waals surface area (Å²) in [4.78, 5) is 14.0. The minimum atomic E-state index is -0.221. The highest BCUT2D eigenvalue weighted by molar-refractivity contribution is 8.13. The third-order valence-corrected chi connectivity index (χ3v) is 4.98. The predicted molar refractivity (Wildman–Crippen MR) is 109 cm³/mol. The highest BCUT2D eigenvalue weighted by atomic mass is 32.2. The molecule has 0 saturated heterocycles. The molecule has 0 unspecified atom stereocenters. The van der Waals surface area contributed by atoms with Crippen LogP contribution in [0.4, 0.5) is 0 Å². The maximum absolute atomic E-state index is 11.5. The number of rotatable bonds is 13. The van der Waals surface area contributed by atoms with Crippen molar-refractivity contribution < 1.29 is 4.79 Å². The lowest BCUT2D eigenvalue weighted by molar-refractivity contribution is -0.106. The molecule has 140 valence electrons. The van der Waals surface area contributed by atoms with Crippen LogP contribution >= 0.6 is 11.8 Å². The van der Waals surface area contributed by atoms with E-state index in [4.69, 9.17) is 0 Å². The lowest BCUT2D eigenvalue weighted by atomic mass is 10.0. The monoisotopic (exact) mass is 353 g/mol. The largest absolute Gasteiger partial charge is 0.288 e. The van der Waals surface area contributed by atoms with Crippen LogP contribution < -0.4 is 0 Å². The third kappa shape index (κ3) is 12.0. The topological polar surface area (TPSA) is 20.3 Å². The summed E-state index contributed by atoms with van der Waals surface area (Å²) in [6, 6.07) is 0. The number of hydrogen-bond donors (Lipinski definition) is 0. The van der Waals surface area contributed by atoms with Gasteiger partial charge in [-0.05, 0) is 52.0 Å². The van der Waals surface area contributed by atoms with Gasteiger partial charge in [0.1, 0.15) is 0 Å². The third-order valence-electron chi connectivity index (χ3n) is 4.51. The van der Waals surface area contributed by atoms with Gasteiger partial charge in [0.2, 0.25) is 0 Å². The first-order chi connectivity index (χ1) is 11.5. The first-order valence-electron chi connectivity index (χ1n) is 9.84. The van der Waals surface area contributed by atoms with Crippen molar-refractivity contribution >= 4 is 16.9 Å². The van der Waals surface area contributed by atoms with Crippen LogP contribution in [0.15, 0.2) is 0 Å². The van der Waals surface area contributed by atoms with E-state index in [0.717, 1.165) is 13.1 Å². The molecule has 2 nitrogen and oxygen atoms in total. The number of carbonyl (C=O) groups is 1. The standard InChI is InChI=1S/C21H39NOS/c1-6-8-10-12-14-18-22(19-15-13-11-9-7-2)21(3,4)17-16-20(23)24-5/h6-15,18-19H2,1-5H3. The fraction of sp³-hybridized carbons (Fsp3) is 0.857. The first-order valence-corrected chi connectivity index (χ1v) is 11.1. The quantitative estimate of drug-likeness (QED) is 0.304. The van der Waals surface area contributed by atoms with Gasteiger partial charge in [0, 0.05) is 0 Å². The van der Waals surface area contributed by atoms with E-state index < -0.39 is 0 Å². The van der Waals surface area contributed by atoms with Gasteiger partial charge in [-0.2, -0.15) is 0 Å². The molecule has 0 aliphatic carbocycles. The minimum Gasteiger partial charge on any atom is -0.288 e. The Balaban J connectivity index is 4.56. The van der Waals surface area contributed by atoms with E-state index in [0.29, 0.717) is 0 Å². The van der Waals surface area contributed by atoms with Crippen LogP contribution in [0, 0.1) is 11.8 Å². The van der Waals surface area contributed by atoms with Gasteiger partial charge >= 0.3 is 0 Å². The molecule has 0 aromatic carbocycles. The Morgan fingerprint density at radius 1 is 0.875 bits per heavy atom. The van der Waals surface area contributed by atoms with Crippen molar-refractivity contribution in [2.24, 2.45) is 0 Å². The highest BCUT2D eigenvalue weighted by Crippen LogP contribution is 2.17. The molecule has 3 heteroatoms. The Morgan fingerprint density at radius 3 is 1.75 bits per heavy atom. The molecule has 0 radical (unpaired) electrons. The molecule has 0 spiro atoms. The van der Waals surface area contributed by atoms with Crippen molar-refractivity contribution in [3.8, 4) is 11.8 Å². The van der Waals surface area contributed by atoms with Crippen molar-refractivity contribution in [2.75, 3.05) is 19.3 Å². The molecule has 0 aliphatic rings. The summed E-state index contributed by atoms with van der Waals surface area (Å²) in [7, 11) is 0. The van der Waals surface area contributed by atoms with Gasteiger partial charge in [0.25, 0.3) is 5.12 Å². The molecular weight excluding hydrogens is 314 g/mol. The molecule has 0 saturated carbocycles. The second-order valence-electron chi connectivity index (χ2n) is 7.12. The van der Waals surface area contributed by atoms with Crippen molar-refractivity contribution in [3.63, 3.8) is 0 Å². The minimum absolute atomic E-state index is 0.0334. The summed E-state index contributed by atoms with van der Waals surface area (Å²) in [6.45, 7) is 11.0. The summed E-state index contributed by atoms with van der Waals surface area (Å²) in [5, 5.41) is -0.0334. The Hall–Kier alpha value is -0.460. The van der Waals surface area contributed by atoms with Gasteiger partial charge in [-0.15, -0.1) is 0 Å². The summed E-state index contributed by atoms with van der Waals surface area (Å²) < 4.78 is 0. The molecule has 0 aliphatic heterocycles. The van der Waals surface area contributed by atoms with E-state index >= 15 is 0 Å². The Bertz CT molecular complexity index is 367. The average molecular weight is 354 g/mol. The van der Waals surface area contributed by atoms with Crippen molar-refractivity contribution in [3.05, 3.63) is 0 Å². The number of carbonyl (C=O) groups excluding carboxylic acids is 1. The predicted octanol–water partition coefficient (Wildman–Crippen LogP) is 5.90. The highest BCUT2D eigenvalue weighted by Gasteiger charge is 2.23. The van der Waals surface area contributed by atoms with E-state index in [9.17, 15) is 4.79 Å². The van der Waals surface area contributed by atoms with Crippen LogP contribution in [0.5, 0.6) is 0 Å². The van der Waals surface area contributed by atoms with E-state index in [-0.39, 0.29) is 10.7 Å². The van der Waals surface area contributed by atoms with Crippen LogP contribution in [-0.2, 0) is 4.79 Å². The summed E-state index contributed by atoms with van der Waals surface area (Å²) in [5.74, 6) is 6.03. The Labute approximate surface area is 155 Å². The molecule has 0 bridgehead atoms. The Morgan fingerprint density at radius 2 is 1.33 bits per heavy atom. The molecule has 0 amide bonds. The van der Waals surface area contributed by atoms with Crippen LogP contribution in [0.1, 0.15) is 91.9 Å². The molecular formula is C21H39NOS. The van der Waals surface area contributed by atoms with Gasteiger partial charge in [0.15, 0.2) is 0 Å². The van der Waals surface area contributed by atoms with Crippen LogP contribution in [0.25, 0.3) is 0 Å². The van der Waals surface area contributed by atoms with E-state index in [1.54, 1.807) is 6.26 Å². The molecule has 24 heavy (non-hydrogen) atoms. The summed E-state index contributed by atoms with van der Waals surface area (Å²) >= 11 is 1.20. The van der Waals surface area contributed by atoms with Crippen LogP contribution in [0.3, 0.4) is 0 Å². The first kappa shape index (κ1) is 23.5. The van der Waals surface area contributed by atoms with E-state index in [1.165, 1.54) is 76.0 Å². The average Bonchev–Trinajstić information content (AvgIpc) is 2.57. The van der Waals surface area contributed by atoms with Gasteiger partial charge in [-0.1, -0.05) is 82.9 Å². The summed E-state index contributed by atoms with van der Waals surface area (Å²) in [5.41, 5.74) is -0.221. The van der Waals surface area contributed by atoms with Gasteiger partial charge in [0.05, 0.1) is 5.54 Å². The van der Waals surface area contributed by atoms with Crippen LogP contribution in [0.2, 0.25) is 0 Å². The normalized spacial score (nSPS) is 11.4. The molecule has 0 fully saturated rings. The van der Waals surface area contributed by atoms with Crippen molar-refractivity contribution in [1.82, 2.24) is 4.90 Å². The SMILES string of the molecule is CCCCCCCN(CCCCCCC)C(C)(C)C#CC(=O)SC. The van der Waals surface area contributed by atoms with Gasteiger partial charge in [-0.3, -0.25) is 9.69 Å². The maximum atomic E-state index is 11.5. The molecule has 0 rings (SSSR count). The zero-order valence-corrected chi connectivity index (χ0v) is 17.6. The van der Waals surface area contributed by atoms with E-state index in [1.807, 2.05) is 0 Å². The van der Waals surface area contributed by atoms with Gasteiger partial charge < -0.3 is 0 Å². The number of hydrogen-bond acceptors (Lipinski definition) is 3. The lowest BCUT2D eigenvalue weighted by Crippen LogP contribution is -2.44. The molecule has 0 atom stereocenters. The molecule has 0 aromatic rings. The molecule has 0 N–H and O–H groups in total.